The van der Waals surface area contributed by atoms with Gasteiger partial charge in [-0.1, -0.05) is 32.6 Å². The van der Waals surface area contributed by atoms with Gasteiger partial charge in [0.2, 0.25) is 0 Å². The van der Waals surface area contributed by atoms with Crippen LogP contribution in [-0.2, 0) is 4.74 Å². The monoisotopic (exact) mass is 268 g/mol. The van der Waals surface area contributed by atoms with Crippen LogP contribution in [0.3, 0.4) is 0 Å². The lowest BCUT2D eigenvalue weighted by atomic mass is 9.86. The molecule has 0 spiro atoms. The van der Waals surface area contributed by atoms with Crippen LogP contribution in [0.5, 0.6) is 0 Å². The highest BCUT2D eigenvalue weighted by Crippen LogP contribution is 2.37. The summed E-state index contributed by atoms with van der Waals surface area (Å²) in [6.45, 7) is 4.94. The molecular weight excluding hydrogens is 236 g/mol. The Kier molecular flexibility index (Phi) is 5.67. The van der Waals surface area contributed by atoms with E-state index in [1.165, 1.54) is 51.4 Å². The summed E-state index contributed by atoms with van der Waals surface area (Å²) < 4.78 is 5.57. The van der Waals surface area contributed by atoms with Gasteiger partial charge < -0.3 is 10.5 Å². The summed E-state index contributed by atoms with van der Waals surface area (Å²) in [5.41, 5.74) is 6.45. The van der Waals surface area contributed by atoms with Crippen molar-refractivity contribution in [2.45, 2.75) is 69.9 Å². The first-order chi connectivity index (χ1) is 9.22. The van der Waals surface area contributed by atoms with Crippen LogP contribution in [0.25, 0.3) is 0 Å². The molecule has 0 aromatic rings. The molecule has 3 nitrogen and oxygen atoms in total. The summed E-state index contributed by atoms with van der Waals surface area (Å²) in [6.07, 6.45) is 10.6. The second kappa shape index (κ2) is 7.05. The number of hydrogen-bond donors (Lipinski definition) is 1. The van der Waals surface area contributed by atoms with Crippen molar-refractivity contribution >= 4 is 0 Å². The van der Waals surface area contributed by atoms with E-state index in [0.717, 1.165) is 25.7 Å². The third-order valence-electron chi connectivity index (χ3n) is 5.55. The van der Waals surface area contributed by atoms with Gasteiger partial charge in [-0.2, -0.15) is 0 Å². The Morgan fingerprint density at radius 2 is 2.11 bits per heavy atom. The number of rotatable bonds is 5. The third-order valence-corrected chi connectivity index (χ3v) is 5.55. The molecule has 0 radical (unpaired) electrons. The van der Waals surface area contributed by atoms with E-state index in [-0.39, 0.29) is 5.54 Å². The lowest BCUT2D eigenvalue weighted by molar-refractivity contribution is 0.0530. The van der Waals surface area contributed by atoms with Crippen molar-refractivity contribution in [3.05, 3.63) is 0 Å². The lowest BCUT2D eigenvalue weighted by Crippen LogP contribution is -2.56. The Labute approximate surface area is 118 Å². The largest absolute Gasteiger partial charge is 0.380 e. The Hall–Kier alpha value is -0.120. The van der Waals surface area contributed by atoms with Crippen LogP contribution in [0.15, 0.2) is 0 Å². The molecule has 112 valence electrons. The SMILES string of the molecule is CCCC1CCCC(CN)(N(C)C2CCOC2)CC1. The maximum absolute atomic E-state index is 6.21. The Bertz CT molecular complexity index is 265. The zero-order valence-electron chi connectivity index (χ0n) is 12.9. The molecule has 0 amide bonds. The van der Waals surface area contributed by atoms with E-state index in [0.29, 0.717) is 6.04 Å². The van der Waals surface area contributed by atoms with Gasteiger partial charge in [0.25, 0.3) is 0 Å². The van der Waals surface area contributed by atoms with E-state index in [9.17, 15) is 0 Å². The maximum atomic E-state index is 6.21. The molecule has 2 rings (SSSR count). The summed E-state index contributed by atoms with van der Waals surface area (Å²) >= 11 is 0. The second-order valence-electron chi connectivity index (χ2n) is 6.64. The number of nitrogens with two attached hydrogens (primary N) is 1. The van der Waals surface area contributed by atoms with Crippen LogP contribution in [0.2, 0.25) is 0 Å². The molecule has 1 aliphatic carbocycles. The number of likely N-dealkylation sites (N-methyl/N-ethyl adjacent to an activating group) is 1. The minimum atomic E-state index is 0.237. The van der Waals surface area contributed by atoms with Crippen molar-refractivity contribution in [2.75, 3.05) is 26.8 Å². The molecule has 0 aromatic heterocycles. The number of nitrogens with zero attached hydrogens (tertiary/aromatic N) is 1. The van der Waals surface area contributed by atoms with Gasteiger partial charge in [-0.3, -0.25) is 4.90 Å². The predicted octanol–water partition coefficient (Wildman–Crippen LogP) is 2.79. The molecule has 1 saturated heterocycles. The summed E-state index contributed by atoms with van der Waals surface area (Å²) in [6, 6.07) is 0.589. The van der Waals surface area contributed by atoms with Gasteiger partial charge in [0.1, 0.15) is 0 Å². The van der Waals surface area contributed by atoms with E-state index in [1.807, 2.05) is 0 Å². The van der Waals surface area contributed by atoms with Crippen LogP contribution < -0.4 is 5.73 Å². The molecule has 1 aliphatic heterocycles. The van der Waals surface area contributed by atoms with Gasteiger partial charge in [0, 0.05) is 24.7 Å². The van der Waals surface area contributed by atoms with Crippen molar-refractivity contribution < 1.29 is 4.74 Å². The van der Waals surface area contributed by atoms with Crippen LogP contribution in [0, 0.1) is 5.92 Å². The highest BCUT2D eigenvalue weighted by atomic mass is 16.5. The molecule has 0 aromatic carbocycles. The summed E-state index contributed by atoms with van der Waals surface area (Å²) in [4.78, 5) is 2.58. The molecule has 1 heterocycles. The average molecular weight is 268 g/mol. The van der Waals surface area contributed by atoms with Crippen LogP contribution in [0.1, 0.15) is 58.3 Å². The van der Waals surface area contributed by atoms with E-state index in [1.54, 1.807) is 0 Å². The van der Waals surface area contributed by atoms with Crippen molar-refractivity contribution in [3.8, 4) is 0 Å². The maximum Gasteiger partial charge on any atom is 0.0622 e. The zero-order chi connectivity index (χ0) is 13.7. The smallest absolute Gasteiger partial charge is 0.0622 e. The van der Waals surface area contributed by atoms with Crippen LogP contribution >= 0.6 is 0 Å². The Balaban J connectivity index is 2.00. The lowest BCUT2D eigenvalue weighted by Gasteiger charge is -2.44. The van der Waals surface area contributed by atoms with Crippen molar-refractivity contribution in [2.24, 2.45) is 11.7 Å². The summed E-state index contributed by atoms with van der Waals surface area (Å²) in [5, 5.41) is 0. The first kappa shape index (κ1) is 15.3. The minimum Gasteiger partial charge on any atom is -0.380 e. The van der Waals surface area contributed by atoms with E-state index in [4.69, 9.17) is 10.5 Å². The van der Waals surface area contributed by atoms with Crippen molar-refractivity contribution in [1.29, 1.82) is 0 Å². The second-order valence-corrected chi connectivity index (χ2v) is 6.64. The van der Waals surface area contributed by atoms with E-state index >= 15 is 0 Å². The zero-order valence-corrected chi connectivity index (χ0v) is 12.9. The topological polar surface area (TPSA) is 38.5 Å². The van der Waals surface area contributed by atoms with Crippen LogP contribution in [0.4, 0.5) is 0 Å². The molecule has 3 heteroatoms. The first-order valence-corrected chi connectivity index (χ1v) is 8.22. The molecule has 3 unspecified atom stereocenters. The van der Waals surface area contributed by atoms with Crippen molar-refractivity contribution in [1.82, 2.24) is 4.90 Å². The van der Waals surface area contributed by atoms with Gasteiger partial charge in [-0.05, 0) is 38.6 Å². The molecule has 2 aliphatic rings. The molecule has 2 fully saturated rings. The fraction of sp³-hybridized carbons (Fsp3) is 1.00. The predicted molar refractivity (Wildman–Crippen MR) is 80.3 cm³/mol. The molecule has 19 heavy (non-hydrogen) atoms. The highest BCUT2D eigenvalue weighted by Gasteiger charge is 2.39. The molecule has 3 atom stereocenters. The van der Waals surface area contributed by atoms with Gasteiger partial charge >= 0.3 is 0 Å². The number of ether oxygens (including phenoxy) is 1. The third kappa shape index (κ3) is 3.50. The van der Waals surface area contributed by atoms with Crippen LogP contribution in [-0.4, -0.2) is 43.3 Å². The number of hydrogen-bond acceptors (Lipinski definition) is 3. The fourth-order valence-electron chi connectivity index (χ4n) is 4.07. The average Bonchev–Trinajstić information content (AvgIpc) is 2.88. The summed E-state index contributed by atoms with van der Waals surface area (Å²) in [7, 11) is 2.28. The molecule has 1 saturated carbocycles. The minimum absolute atomic E-state index is 0.237. The van der Waals surface area contributed by atoms with Crippen molar-refractivity contribution in [3.63, 3.8) is 0 Å². The standard InChI is InChI=1S/C16H32N2O/c1-3-5-14-6-4-9-16(13-17,10-7-14)18(2)15-8-11-19-12-15/h14-15H,3-13,17H2,1-2H3. The van der Waals surface area contributed by atoms with Gasteiger partial charge in [0.15, 0.2) is 0 Å². The van der Waals surface area contributed by atoms with Gasteiger partial charge in [0.05, 0.1) is 6.61 Å². The van der Waals surface area contributed by atoms with Gasteiger partial charge in [-0.25, -0.2) is 0 Å². The van der Waals surface area contributed by atoms with E-state index < -0.39 is 0 Å². The quantitative estimate of drug-likeness (QED) is 0.779. The van der Waals surface area contributed by atoms with E-state index in [2.05, 4.69) is 18.9 Å². The highest BCUT2D eigenvalue weighted by molar-refractivity contribution is 4.96. The van der Waals surface area contributed by atoms with Gasteiger partial charge in [-0.15, -0.1) is 0 Å². The molecule has 0 bridgehead atoms. The Morgan fingerprint density at radius 1 is 1.26 bits per heavy atom. The molecule has 2 N–H and O–H groups in total. The fourth-order valence-corrected chi connectivity index (χ4v) is 4.07. The summed E-state index contributed by atoms with van der Waals surface area (Å²) in [5.74, 6) is 0.937. The normalized spacial score (nSPS) is 36.6. The molecular formula is C16H32N2O. The first-order valence-electron chi connectivity index (χ1n) is 8.22. The Morgan fingerprint density at radius 3 is 2.74 bits per heavy atom.